The zero-order valence-electron chi connectivity index (χ0n) is 8.40. The number of hydrogen-bond donors (Lipinski definition) is 1. The van der Waals surface area contributed by atoms with Crippen molar-refractivity contribution >= 4 is 0 Å². The maximum absolute atomic E-state index is 5.68. The molecule has 0 radical (unpaired) electrons. The summed E-state index contributed by atoms with van der Waals surface area (Å²) in [5.74, 6) is 0. The molecule has 1 aromatic heterocycles. The molecule has 0 aliphatic heterocycles. The van der Waals surface area contributed by atoms with Crippen LogP contribution in [0, 0.1) is 0 Å². The summed E-state index contributed by atoms with van der Waals surface area (Å²) in [7, 11) is 0. The number of nitrogens with zero attached hydrogens (tertiary/aromatic N) is 3. The molecule has 1 atom stereocenters. The first-order valence-electron chi connectivity index (χ1n) is 4.87. The molecule has 0 aromatic carbocycles. The van der Waals surface area contributed by atoms with Gasteiger partial charge in [0, 0.05) is 12.6 Å². The van der Waals surface area contributed by atoms with Crippen molar-refractivity contribution in [2.45, 2.75) is 45.7 Å². The van der Waals surface area contributed by atoms with Crippen molar-refractivity contribution in [3.8, 4) is 0 Å². The van der Waals surface area contributed by atoms with E-state index in [1.54, 1.807) is 0 Å². The number of hydrogen-bond acceptors (Lipinski definition) is 3. The highest BCUT2D eigenvalue weighted by atomic mass is 15.4. The minimum atomic E-state index is 0.255. The molecule has 0 amide bonds. The van der Waals surface area contributed by atoms with Crippen LogP contribution in [0.5, 0.6) is 0 Å². The van der Waals surface area contributed by atoms with Crippen LogP contribution in [0.2, 0.25) is 0 Å². The first-order chi connectivity index (χ1) is 6.24. The summed E-state index contributed by atoms with van der Waals surface area (Å²) in [4.78, 5) is 0. The van der Waals surface area contributed by atoms with E-state index < -0.39 is 0 Å². The molecule has 0 fully saturated rings. The Morgan fingerprint density at radius 1 is 1.62 bits per heavy atom. The molecule has 13 heavy (non-hydrogen) atoms. The van der Waals surface area contributed by atoms with Crippen LogP contribution in [0.4, 0.5) is 0 Å². The van der Waals surface area contributed by atoms with Gasteiger partial charge in [0.25, 0.3) is 0 Å². The molecule has 1 aromatic rings. The average Bonchev–Trinajstić information content (AvgIpc) is 2.49. The molecule has 0 spiro atoms. The van der Waals surface area contributed by atoms with Crippen LogP contribution in [0.3, 0.4) is 0 Å². The molecule has 0 bridgehead atoms. The predicted molar refractivity (Wildman–Crippen MR) is 52.3 cm³/mol. The van der Waals surface area contributed by atoms with Crippen LogP contribution in [-0.2, 0) is 13.0 Å². The molecular formula is C9H18N4. The van der Waals surface area contributed by atoms with Crippen LogP contribution < -0.4 is 5.73 Å². The first kappa shape index (κ1) is 10.2. The van der Waals surface area contributed by atoms with Gasteiger partial charge in [0.1, 0.15) is 0 Å². The predicted octanol–water partition coefficient (Wildman–Crippen LogP) is 0.968. The van der Waals surface area contributed by atoms with Crippen LogP contribution in [0.1, 0.15) is 32.4 Å². The van der Waals surface area contributed by atoms with Crippen molar-refractivity contribution in [3.63, 3.8) is 0 Å². The van der Waals surface area contributed by atoms with Gasteiger partial charge in [-0.3, -0.25) is 0 Å². The van der Waals surface area contributed by atoms with Gasteiger partial charge < -0.3 is 5.73 Å². The van der Waals surface area contributed by atoms with Gasteiger partial charge in [-0.15, -0.1) is 5.10 Å². The molecule has 0 aliphatic carbocycles. The Balaban J connectivity index is 2.49. The number of aryl methyl sites for hydroxylation is 2. The zero-order valence-corrected chi connectivity index (χ0v) is 8.40. The maximum atomic E-state index is 5.68. The van der Waals surface area contributed by atoms with Gasteiger partial charge in [-0.25, -0.2) is 4.68 Å². The molecule has 74 valence electrons. The minimum absolute atomic E-state index is 0.255. The molecule has 4 nitrogen and oxygen atoms in total. The van der Waals surface area contributed by atoms with Gasteiger partial charge in [-0.1, -0.05) is 12.1 Å². The average molecular weight is 182 g/mol. The monoisotopic (exact) mass is 182 g/mol. The molecule has 0 saturated carbocycles. The zero-order chi connectivity index (χ0) is 9.68. The van der Waals surface area contributed by atoms with E-state index in [0.29, 0.717) is 0 Å². The smallest absolute Gasteiger partial charge is 0.0725 e. The van der Waals surface area contributed by atoms with Gasteiger partial charge in [0.15, 0.2) is 0 Å². The van der Waals surface area contributed by atoms with Crippen LogP contribution in [0.25, 0.3) is 0 Å². The van der Waals surface area contributed by atoms with Gasteiger partial charge >= 0.3 is 0 Å². The Kier molecular flexibility index (Phi) is 3.89. The summed E-state index contributed by atoms with van der Waals surface area (Å²) in [5.41, 5.74) is 6.88. The second-order valence-electron chi connectivity index (χ2n) is 3.46. The van der Waals surface area contributed by atoms with E-state index in [1.807, 2.05) is 17.8 Å². The highest BCUT2D eigenvalue weighted by Gasteiger charge is 2.03. The lowest BCUT2D eigenvalue weighted by molar-refractivity contribution is 0.540. The normalized spacial score (nSPS) is 13.2. The van der Waals surface area contributed by atoms with Gasteiger partial charge in [-0.05, 0) is 26.2 Å². The SMILES string of the molecule is CCCn1nncc1CCC(C)N. The quantitative estimate of drug-likeness (QED) is 0.738. The lowest BCUT2D eigenvalue weighted by atomic mass is 10.1. The van der Waals surface area contributed by atoms with E-state index in [1.165, 1.54) is 5.69 Å². The fraction of sp³-hybridized carbons (Fsp3) is 0.778. The van der Waals surface area contributed by atoms with Crippen molar-refractivity contribution in [1.29, 1.82) is 0 Å². The van der Waals surface area contributed by atoms with E-state index in [-0.39, 0.29) is 6.04 Å². The number of nitrogens with two attached hydrogens (primary N) is 1. The highest BCUT2D eigenvalue weighted by Crippen LogP contribution is 2.03. The van der Waals surface area contributed by atoms with E-state index >= 15 is 0 Å². The van der Waals surface area contributed by atoms with Crippen LogP contribution in [0.15, 0.2) is 6.20 Å². The molecule has 1 heterocycles. The molecule has 2 N–H and O–H groups in total. The Labute approximate surface area is 79.1 Å². The minimum Gasteiger partial charge on any atom is -0.328 e. The number of rotatable bonds is 5. The van der Waals surface area contributed by atoms with Crippen molar-refractivity contribution in [1.82, 2.24) is 15.0 Å². The third-order valence-electron chi connectivity index (χ3n) is 1.99. The summed E-state index contributed by atoms with van der Waals surface area (Å²) in [6.45, 7) is 5.11. The lowest BCUT2D eigenvalue weighted by Gasteiger charge is -2.06. The Morgan fingerprint density at radius 2 is 2.38 bits per heavy atom. The fourth-order valence-corrected chi connectivity index (χ4v) is 1.25. The largest absolute Gasteiger partial charge is 0.328 e. The van der Waals surface area contributed by atoms with Crippen LogP contribution in [-0.4, -0.2) is 21.0 Å². The molecule has 0 aliphatic rings. The van der Waals surface area contributed by atoms with E-state index in [4.69, 9.17) is 5.73 Å². The molecule has 4 heteroatoms. The summed E-state index contributed by atoms with van der Waals surface area (Å²) in [6, 6.07) is 0.255. The Morgan fingerprint density at radius 3 is 3.00 bits per heavy atom. The van der Waals surface area contributed by atoms with Crippen molar-refractivity contribution in [2.75, 3.05) is 0 Å². The second-order valence-corrected chi connectivity index (χ2v) is 3.46. The summed E-state index contributed by atoms with van der Waals surface area (Å²) < 4.78 is 1.96. The van der Waals surface area contributed by atoms with E-state index in [2.05, 4.69) is 17.2 Å². The van der Waals surface area contributed by atoms with E-state index in [0.717, 1.165) is 25.8 Å². The van der Waals surface area contributed by atoms with Gasteiger partial charge in [0.2, 0.25) is 0 Å². The third kappa shape index (κ3) is 3.14. The summed E-state index contributed by atoms with van der Waals surface area (Å²) in [5, 5.41) is 7.90. The summed E-state index contributed by atoms with van der Waals surface area (Å²) in [6.07, 6.45) is 4.90. The van der Waals surface area contributed by atoms with Crippen molar-refractivity contribution in [2.24, 2.45) is 5.73 Å². The summed E-state index contributed by atoms with van der Waals surface area (Å²) >= 11 is 0. The number of aromatic nitrogens is 3. The van der Waals surface area contributed by atoms with Gasteiger partial charge in [-0.2, -0.15) is 0 Å². The standard InChI is InChI=1S/C9H18N4/c1-3-6-13-9(7-11-12-13)5-4-8(2)10/h7-8H,3-6,10H2,1-2H3. The molecule has 1 rings (SSSR count). The molecule has 0 saturated heterocycles. The molecular weight excluding hydrogens is 164 g/mol. The van der Waals surface area contributed by atoms with E-state index in [9.17, 15) is 0 Å². The topological polar surface area (TPSA) is 56.7 Å². The molecule has 1 unspecified atom stereocenters. The highest BCUT2D eigenvalue weighted by molar-refractivity contribution is 4.94. The second kappa shape index (κ2) is 4.97. The lowest BCUT2D eigenvalue weighted by Crippen LogP contribution is -2.16. The van der Waals surface area contributed by atoms with Gasteiger partial charge in [0.05, 0.1) is 11.9 Å². The maximum Gasteiger partial charge on any atom is 0.0725 e. The van der Waals surface area contributed by atoms with Crippen molar-refractivity contribution in [3.05, 3.63) is 11.9 Å². The Bertz CT molecular complexity index is 242. The van der Waals surface area contributed by atoms with Crippen LogP contribution >= 0.6 is 0 Å². The fourth-order valence-electron chi connectivity index (χ4n) is 1.25. The first-order valence-corrected chi connectivity index (χ1v) is 4.87. The Hall–Kier alpha value is -0.900. The third-order valence-corrected chi connectivity index (χ3v) is 1.99. The van der Waals surface area contributed by atoms with Crippen molar-refractivity contribution < 1.29 is 0 Å².